The van der Waals surface area contributed by atoms with Crippen molar-refractivity contribution < 1.29 is 4.74 Å². The molecule has 0 aromatic heterocycles. The standard InChI is InChI=1S/C11H24N2OS/c1-11(2)4-5-13(6-7-15-11)10(8-12)9-14-3/h10H,4-9,12H2,1-3H3. The zero-order chi connectivity index (χ0) is 11.3. The molecule has 0 amide bonds. The van der Waals surface area contributed by atoms with E-state index in [2.05, 4.69) is 30.5 Å². The van der Waals surface area contributed by atoms with Crippen LogP contribution in [0.5, 0.6) is 0 Å². The number of hydrogen-bond acceptors (Lipinski definition) is 4. The van der Waals surface area contributed by atoms with Crippen molar-refractivity contribution in [3.8, 4) is 0 Å². The van der Waals surface area contributed by atoms with Crippen LogP contribution in [0, 0.1) is 0 Å². The molecule has 0 aromatic rings. The maximum absolute atomic E-state index is 5.78. The van der Waals surface area contributed by atoms with E-state index in [1.54, 1.807) is 7.11 Å². The van der Waals surface area contributed by atoms with Gasteiger partial charge in [0.1, 0.15) is 0 Å². The van der Waals surface area contributed by atoms with Crippen molar-refractivity contribution in [2.24, 2.45) is 5.73 Å². The summed E-state index contributed by atoms with van der Waals surface area (Å²) in [5, 5.41) is 0. The fourth-order valence-electron chi connectivity index (χ4n) is 1.92. The van der Waals surface area contributed by atoms with Crippen LogP contribution in [0.3, 0.4) is 0 Å². The van der Waals surface area contributed by atoms with E-state index >= 15 is 0 Å². The predicted molar refractivity (Wildman–Crippen MR) is 67.4 cm³/mol. The van der Waals surface area contributed by atoms with Crippen molar-refractivity contribution >= 4 is 11.8 Å². The molecular weight excluding hydrogens is 208 g/mol. The average molecular weight is 232 g/mol. The van der Waals surface area contributed by atoms with Gasteiger partial charge >= 0.3 is 0 Å². The molecule has 1 heterocycles. The van der Waals surface area contributed by atoms with Gasteiger partial charge in [-0.05, 0) is 13.0 Å². The van der Waals surface area contributed by atoms with Crippen LogP contribution in [-0.2, 0) is 4.74 Å². The van der Waals surface area contributed by atoms with E-state index in [1.807, 2.05) is 0 Å². The number of ether oxygens (including phenoxy) is 1. The van der Waals surface area contributed by atoms with E-state index in [9.17, 15) is 0 Å². The Hall–Kier alpha value is 0.230. The van der Waals surface area contributed by atoms with Gasteiger partial charge in [-0.15, -0.1) is 0 Å². The minimum absolute atomic E-state index is 0.393. The van der Waals surface area contributed by atoms with Gasteiger partial charge in [-0.25, -0.2) is 0 Å². The Balaban J connectivity index is 2.48. The van der Waals surface area contributed by atoms with E-state index in [4.69, 9.17) is 10.5 Å². The molecule has 0 bridgehead atoms. The molecule has 1 atom stereocenters. The van der Waals surface area contributed by atoms with Crippen LogP contribution < -0.4 is 5.73 Å². The van der Waals surface area contributed by atoms with Gasteiger partial charge in [0.05, 0.1) is 6.61 Å². The lowest BCUT2D eigenvalue weighted by molar-refractivity contribution is 0.0971. The van der Waals surface area contributed by atoms with Gasteiger partial charge in [-0.1, -0.05) is 13.8 Å². The molecule has 1 saturated heterocycles. The summed E-state index contributed by atoms with van der Waals surface area (Å²) in [6, 6.07) is 0.393. The quantitative estimate of drug-likeness (QED) is 0.790. The number of rotatable bonds is 4. The highest BCUT2D eigenvalue weighted by atomic mass is 32.2. The molecule has 0 radical (unpaired) electrons. The summed E-state index contributed by atoms with van der Waals surface area (Å²) in [6.45, 7) is 8.38. The molecule has 15 heavy (non-hydrogen) atoms. The zero-order valence-corrected chi connectivity index (χ0v) is 11.0. The Morgan fingerprint density at radius 1 is 1.47 bits per heavy atom. The van der Waals surface area contributed by atoms with E-state index < -0.39 is 0 Å². The lowest BCUT2D eigenvalue weighted by atomic mass is 10.1. The van der Waals surface area contributed by atoms with Crippen LogP contribution in [0.15, 0.2) is 0 Å². The number of thioether (sulfide) groups is 1. The largest absolute Gasteiger partial charge is 0.383 e. The minimum Gasteiger partial charge on any atom is -0.383 e. The number of nitrogens with two attached hydrogens (primary N) is 1. The molecular formula is C11H24N2OS. The second-order valence-corrected chi connectivity index (χ2v) is 6.54. The van der Waals surface area contributed by atoms with Crippen molar-refractivity contribution in [2.75, 3.05) is 39.1 Å². The normalized spacial score (nSPS) is 24.8. The Morgan fingerprint density at radius 3 is 2.80 bits per heavy atom. The monoisotopic (exact) mass is 232 g/mol. The summed E-state index contributed by atoms with van der Waals surface area (Å²) < 4.78 is 5.63. The van der Waals surface area contributed by atoms with Crippen LogP contribution in [0.25, 0.3) is 0 Å². The summed E-state index contributed by atoms with van der Waals surface area (Å²) in [5.74, 6) is 1.20. The maximum Gasteiger partial charge on any atom is 0.0630 e. The van der Waals surface area contributed by atoms with E-state index in [0.717, 1.165) is 19.7 Å². The Bertz CT molecular complexity index is 187. The third-order valence-corrected chi connectivity index (χ3v) is 4.39. The molecule has 0 aliphatic carbocycles. The van der Waals surface area contributed by atoms with Gasteiger partial charge in [0.2, 0.25) is 0 Å². The van der Waals surface area contributed by atoms with Crippen LogP contribution in [-0.4, -0.2) is 54.8 Å². The van der Waals surface area contributed by atoms with Crippen molar-refractivity contribution in [2.45, 2.75) is 31.1 Å². The molecule has 1 aliphatic heterocycles. The molecule has 1 fully saturated rings. The summed E-state index contributed by atoms with van der Waals surface area (Å²) in [4.78, 5) is 2.48. The highest BCUT2D eigenvalue weighted by molar-refractivity contribution is 8.00. The minimum atomic E-state index is 0.393. The first-order valence-electron chi connectivity index (χ1n) is 5.66. The Kier molecular flexibility index (Phi) is 5.39. The van der Waals surface area contributed by atoms with Crippen LogP contribution in [0.1, 0.15) is 20.3 Å². The first-order valence-corrected chi connectivity index (χ1v) is 6.64. The molecule has 0 spiro atoms. The number of hydrogen-bond donors (Lipinski definition) is 1. The average Bonchev–Trinajstić information content (AvgIpc) is 2.36. The molecule has 0 saturated carbocycles. The lowest BCUT2D eigenvalue weighted by Crippen LogP contribution is -2.44. The molecule has 4 heteroatoms. The molecule has 90 valence electrons. The van der Waals surface area contributed by atoms with Crippen molar-refractivity contribution in [1.29, 1.82) is 0 Å². The first-order chi connectivity index (χ1) is 7.09. The van der Waals surface area contributed by atoms with Crippen LogP contribution in [0.4, 0.5) is 0 Å². The van der Waals surface area contributed by atoms with E-state index in [-0.39, 0.29) is 0 Å². The first kappa shape index (κ1) is 13.3. The van der Waals surface area contributed by atoms with Gasteiger partial charge < -0.3 is 10.5 Å². The second-order valence-electron chi connectivity index (χ2n) is 4.74. The summed E-state index contributed by atoms with van der Waals surface area (Å²) in [5.41, 5.74) is 5.78. The Morgan fingerprint density at radius 2 is 2.20 bits per heavy atom. The fourth-order valence-corrected chi connectivity index (χ4v) is 3.03. The summed E-state index contributed by atoms with van der Waals surface area (Å²) >= 11 is 2.07. The molecule has 2 N–H and O–H groups in total. The van der Waals surface area contributed by atoms with E-state index in [1.165, 1.54) is 12.2 Å². The summed E-state index contributed by atoms with van der Waals surface area (Å²) in [6.07, 6.45) is 1.23. The molecule has 1 aliphatic rings. The number of methoxy groups -OCH3 is 1. The highest BCUT2D eigenvalue weighted by Gasteiger charge is 2.26. The van der Waals surface area contributed by atoms with Gasteiger partial charge in [0.15, 0.2) is 0 Å². The van der Waals surface area contributed by atoms with Crippen LogP contribution >= 0.6 is 11.8 Å². The van der Waals surface area contributed by atoms with Gasteiger partial charge in [-0.3, -0.25) is 4.90 Å². The molecule has 1 unspecified atom stereocenters. The van der Waals surface area contributed by atoms with Crippen molar-refractivity contribution in [1.82, 2.24) is 4.90 Å². The van der Waals surface area contributed by atoms with Crippen LogP contribution in [0.2, 0.25) is 0 Å². The topological polar surface area (TPSA) is 38.5 Å². The summed E-state index contributed by atoms with van der Waals surface area (Å²) in [7, 11) is 1.75. The highest BCUT2D eigenvalue weighted by Crippen LogP contribution is 2.31. The van der Waals surface area contributed by atoms with Gasteiger partial charge in [-0.2, -0.15) is 11.8 Å². The third-order valence-electron chi connectivity index (χ3n) is 3.02. The molecule has 0 aromatic carbocycles. The van der Waals surface area contributed by atoms with Gasteiger partial charge in [0, 0.05) is 36.7 Å². The zero-order valence-electron chi connectivity index (χ0n) is 10.2. The maximum atomic E-state index is 5.78. The van der Waals surface area contributed by atoms with Crippen molar-refractivity contribution in [3.63, 3.8) is 0 Å². The lowest BCUT2D eigenvalue weighted by Gasteiger charge is -2.29. The predicted octanol–water partition coefficient (Wildman–Crippen LogP) is 1.18. The molecule has 1 rings (SSSR count). The Labute approximate surface area is 97.7 Å². The smallest absolute Gasteiger partial charge is 0.0630 e. The number of nitrogens with zero attached hydrogens (tertiary/aromatic N) is 1. The molecule has 3 nitrogen and oxygen atoms in total. The van der Waals surface area contributed by atoms with Crippen molar-refractivity contribution in [3.05, 3.63) is 0 Å². The van der Waals surface area contributed by atoms with E-state index in [0.29, 0.717) is 17.3 Å². The second kappa shape index (κ2) is 6.09. The SMILES string of the molecule is COCC(CN)N1CCSC(C)(C)CC1. The van der Waals surface area contributed by atoms with Gasteiger partial charge in [0.25, 0.3) is 0 Å². The third kappa shape index (κ3) is 4.31. The fraction of sp³-hybridized carbons (Fsp3) is 1.00.